The maximum Gasteiger partial charge on any atom is 0.339 e. The topological polar surface area (TPSA) is 68.3 Å². The summed E-state index contributed by atoms with van der Waals surface area (Å²) in [5.41, 5.74) is 1.09. The predicted molar refractivity (Wildman–Crippen MR) is 55.9 cm³/mol. The molecule has 5 heteroatoms. The Morgan fingerprint density at radius 1 is 1.56 bits per heavy atom. The maximum absolute atomic E-state index is 11.4. The number of ether oxygens (including phenoxy) is 1. The first-order chi connectivity index (χ1) is 7.72. The van der Waals surface area contributed by atoms with E-state index in [0.29, 0.717) is 17.8 Å². The lowest BCUT2D eigenvalue weighted by Crippen LogP contribution is -2.18. The van der Waals surface area contributed by atoms with Crippen LogP contribution < -0.4 is 5.32 Å². The maximum atomic E-state index is 11.4. The fourth-order valence-electron chi connectivity index (χ4n) is 1.73. The Morgan fingerprint density at radius 3 is 2.88 bits per heavy atom. The number of carbonyl (C=O) groups is 2. The van der Waals surface area contributed by atoms with Gasteiger partial charge in [-0.1, -0.05) is 0 Å². The fraction of sp³-hybridized carbons (Fsp3) is 0.364. The van der Waals surface area contributed by atoms with Crippen LogP contribution in [0.4, 0.5) is 0 Å². The summed E-state index contributed by atoms with van der Waals surface area (Å²) in [6, 6.07) is 3.32. The molecule has 0 aliphatic carbocycles. The minimum absolute atomic E-state index is 0.00156. The Bertz CT molecular complexity index is 414. The van der Waals surface area contributed by atoms with Crippen molar-refractivity contribution < 1.29 is 14.3 Å². The SMILES string of the molecule is COC(=O)c1ccc(C2CCNC2=O)nc1. The number of esters is 1. The second kappa shape index (κ2) is 4.30. The zero-order valence-corrected chi connectivity index (χ0v) is 8.90. The van der Waals surface area contributed by atoms with E-state index in [1.165, 1.54) is 13.3 Å². The number of hydrogen-bond acceptors (Lipinski definition) is 4. The number of amides is 1. The van der Waals surface area contributed by atoms with E-state index in [4.69, 9.17) is 0 Å². The molecule has 0 bridgehead atoms. The van der Waals surface area contributed by atoms with E-state index in [1.807, 2.05) is 0 Å². The molecular formula is C11H12N2O3. The lowest BCUT2D eigenvalue weighted by molar-refractivity contribution is -0.120. The van der Waals surface area contributed by atoms with Crippen molar-refractivity contribution in [3.8, 4) is 0 Å². The van der Waals surface area contributed by atoms with E-state index in [2.05, 4.69) is 15.0 Å². The van der Waals surface area contributed by atoms with Crippen LogP contribution in [0.1, 0.15) is 28.4 Å². The molecule has 1 atom stereocenters. The average Bonchev–Trinajstić information content (AvgIpc) is 2.75. The van der Waals surface area contributed by atoms with Gasteiger partial charge >= 0.3 is 5.97 Å². The van der Waals surface area contributed by atoms with Crippen LogP contribution in [0.3, 0.4) is 0 Å². The van der Waals surface area contributed by atoms with Crippen molar-refractivity contribution >= 4 is 11.9 Å². The molecule has 0 saturated carbocycles. The van der Waals surface area contributed by atoms with Crippen molar-refractivity contribution in [1.29, 1.82) is 0 Å². The number of pyridine rings is 1. The molecule has 0 spiro atoms. The number of nitrogens with zero attached hydrogens (tertiary/aromatic N) is 1. The van der Waals surface area contributed by atoms with Crippen LogP contribution in [0, 0.1) is 0 Å². The van der Waals surface area contributed by atoms with Gasteiger partial charge in [-0.05, 0) is 18.6 Å². The molecule has 1 amide bonds. The number of carbonyl (C=O) groups excluding carboxylic acids is 2. The molecule has 16 heavy (non-hydrogen) atoms. The molecular weight excluding hydrogens is 208 g/mol. The molecule has 1 aliphatic heterocycles. The third-order valence-electron chi connectivity index (χ3n) is 2.61. The third-order valence-corrected chi connectivity index (χ3v) is 2.61. The number of nitrogens with one attached hydrogen (secondary N) is 1. The van der Waals surface area contributed by atoms with Crippen LogP contribution in [-0.2, 0) is 9.53 Å². The molecule has 1 N–H and O–H groups in total. The Morgan fingerprint density at radius 2 is 2.38 bits per heavy atom. The average molecular weight is 220 g/mol. The Balaban J connectivity index is 2.19. The van der Waals surface area contributed by atoms with E-state index in [0.717, 1.165) is 6.42 Å². The minimum Gasteiger partial charge on any atom is -0.465 e. The summed E-state index contributed by atoms with van der Waals surface area (Å²) in [7, 11) is 1.32. The first-order valence-electron chi connectivity index (χ1n) is 5.04. The molecule has 1 aromatic heterocycles. The zero-order valence-electron chi connectivity index (χ0n) is 8.90. The molecule has 84 valence electrons. The van der Waals surface area contributed by atoms with Gasteiger partial charge < -0.3 is 10.1 Å². The fourth-order valence-corrected chi connectivity index (χ4v) is 1.73. The highest BCUT2D eigenvalue weighted by Crippen LogP contribution is 2.21. The van der Waals surface area contributed by atoms with E-state index < -0.39 is 5.97 Å². The van der Waals surface area contributed by atoms with Gasteiger partial charge in [-0.2, -0.15) is 0 Å². The van der Waals surface area contributed by atoms with Crippen LogP contribution in [-0.4, -0.2) is 30.5 Å². The van der Waals surface area contributed by atoms with Crippen LogP contribution >= 0.6 is 0 Å². The highest BCUT2D eigenvalue weighted by atomic mass is 16.5. The van der Waals surface area contributed by atoms with Crippen LogP contribution in [0.2, 0.25) is 0 Å². The zero-order chi connectivity index (χ0) is 11.5. The monoisotopic (exact) mass is 220 g/mol. The number of rotatable bonds is 2. The molecule has 1 aromatic rings. The summed E-state index contributed by atoms with van der Waals surface area (Å²) >= 11 is 0. The van der Waals surface area contributed by atoms with Gasteiger partial charge in [0.2, 0.25) is 5.91 Å². The molecule has 1 saturated heterocycles. The Labute approximate surface area is 92.8 Å². The summed E-state index contributed by atoms with van der Waals surface area (Å²) in [5, 5.41) is 2.75. The van der Waals surface area contributed by atoms with Gasteiger partial charge in [0, 0.05) is 12.7 Å². The summed E-state index contributed by atoms with van der Waals surface area (Å²) in [6.07, 6.45) is 2.19. The predicted octanol–water partition coefficient (Wildman–Crippen LogP) is 0.472. The van der Waals surface area contributed by atoms with Gasteiger partial charge in [0.05, 0.1) is 24.3 Å². The van der Waals surface area contributed by atoms with Gasteiger partial charge in [-0.25, -0.2) is 4.79 Å². The summed E-state index contributed by atoms with van der Waals surface area (Å²) in [6.45, 7) is 0.684. The Hall–Kier alpha value is -1.91. The first-order valence-corrected chi connectivity index (χ1v) is 5.04. The van der Waals surface area contributed by atoms with E-state index in [9.17, 15) is 9.59 Å². The standard InChI is InChI=1S/C11H12N2O3/c1-16-11(15)7-2-3-9(13-6-7)8-4-5-12-10(8)14/h2-3,6,8H,4-5H2,1H3,(H,12,14). The van der Waals surface area contributed by atoms with Gasteiger partial charge in [0.15, 0.2) is 0 Å². The van der Waals surface area contributed by atoms with E-state index in [1.54, 1.807) is 12.1 Å². The van der Waals surface area contributed by atoms with Crippen molar-refractivity contribution in [2.24, 2.45) is 0 Å². The van der Waals surface area contributed by atoms with Gasteiger partial charge in [0.1, 0.15) is 0 Å². The van der Waals surface area contributed by atoms with Gasteiger partial charge in [0.25, 0.3) is 0 Å². The van der Waals surface area contributed by atoms with Crippen LogP contribution in [0.25, 0.3) is 0 Å². The highest BCUT2D eigenvalue weighted by molar-refractivity contribution is 5.89. The molecule has 0 radical (unpaired) electrons. The second-order valence-corrected chi connectivity index (χ2v) is 3.60. The quantitative estimate of drug-likeness (QED) is 0.736. The molecule has 0 aromatic carbocycles. The lowest BCUT2D eigenvalue weighted by Gasteiger charge is -2.06. The number of methoxy groups -OCH3 is 1. The Kier molecular flexibility index (Phi) is 2.85. The lowest BCUT2D eigenvalue weighted by atomic mass is 10.0. The smallest absolute Gasteiger partial charge is 0.339 e. The van der Waals surface area contributed by atoms with E-state index >= 15 is 0 Å². The van der Waals surface area contributed by atoms with Crippen molar-refractivity contribution in [1.82, 2.24) is 10.3 Å². The molecule has 1 fully saturated rings. The van der Waals surface area contributed by atoms with Gasteiger partial charge in [-0.3, -0.25) is 9.78 Å². The molecule has 1 unspecified atom stereocenters. The van der Waals surface area contributed by atoms with Crippen molar-refractivity contribution in [2.75, 3.05) is 13.7 Å². The molecule has 5 nitrogen and oxygen atoms in total. The van der Waals surface area contributed by atoms with E-state index in [-0.39, 0.29) is 11.8 Å². The normalized spacial score (nSPS) is 19.3. The van der Waals surface area contributed by atoms with Crippen molar-refractivity contribution in [2.45, 2.75) is 12.3 Å². The summed E-state index contributed by atoms with van der Waals surface area (Å²) in [4.78, 5) is 26.7. The van der Waals surface area contributed by atoms with Crippen molar-refractivity contribution in [3.05, 3.63) is 29.6 Å². The largest absolute Gasteiger partial charge is 0.465 e. The van der Waals surface area contributed by atoms with Gasteiger partial charge in [-0.15, -0.1) is 0 Å². The highest BCUT2D eigenvalue weighted by Gasteiger charge is 2.26. The summed E-state index contributed by atoms with van der Waals surface area (Å²) in [5.74, 6) is -0.611. The summed E-state index contributed by atoms with van der Waals surface area (Å²) < 4.78 is 4.56. The minimum atomic E-state index is -0.421. The first kappa shape index (κ1) is 10.6. The molecule has 1 aliphatic rings. The van der Waals surface area contributed by atoms with Crippen LogP contribution in [0.15, 0.2) is 18.3 Å². The van der Waals surface area contributed by atoms with Crippen molar-refractivity contribution in [3.63, 3.8) is 0 Å². The number of aromatic nitrogens is 1. The second-order valence-electron chi connectivity index (χ2n) is 3.60. The molecule has 2 heterocycles. The number of hydrogen-bond donors (Lipinski definition) is 1. The third kappa shape index (κ3) is 1.88. The molecule has 2 rings (SSSR count). The van der Waals surface area contributed by atoms with Crippen LogP contribution in [0.5, 0.6) is 0 Å².